The Morgan fingerprint density at radius 3 is 2.21 bits per heavy atom. The van der Waals surface area contributed by atoms with E-state index in [-0.39, 0.29) is 5.91 Å². The van der Waals surface area contributed by atoms with E-state index in [2.05, 4.69) is 36.0 Å². The van der Waals surface area contributed by atoms with Gasteiger partial charge in [0.25, 0.3) is 5.91 Å². The van der Waals surface area contributed by atoms with Crippen molar-refractivity contribution in [3.8, 4) is 0 Å². The van der Waals surface area contributed by atoms with Gasteiger partial charge in [0, 0.05) is 18.7 Å². The first kappa shape index (κ1) is 19.4. The van der Waals surface area contributed by atoms with E-state index in [0.717, 1.165) is 24.2 Å². The largest absolute Gasteiger partial charge is 0.397 e. The number of nitrogens with two attached hydrogens (primary N) is 1. The molecular weight excluding hydrogens is 346 g/mol. The van der Waals surface area contributed by atoms with Gasteiger partial charge in [-0.15, -0.1) is 0 Å². The Hall–Kier alpha value is -3.37. The molecule has 0 heterocycles. The first-order valence-corrected chi connectivity index (χ1v) is 9.19. The van der Waals surface area contributed by atoms with Crippen LogP contribution in [0.5, 0.6) is 0 Å². The van der Waals surface area contributed by atoms with E-state index in [1.165, 1.54) is 5.56 Å². The number of hydrogen-bond donors (Lipinski definition) is 2. The zero-order chi connectivity index (χ0) is 19.9. The second-order valence-corrected chi connectivity index (χ2v) is 6.88. The molecule has 0 aromatic heterocycles. The number of anilines is 2. The summed E-state index contributed by atoms with van der Waals surface area (Å²) in [5.74, 6) is -0.184. The molecule has 0 saturated heterocycles. The third kappa shape index (κ3) is 5.09. The zero-order valence-electron chi connectivity index (χ0n) is 16.1. The van der Waals surface area contributed by atoms with Crippen molar-refractivity contribution < 1.29 is 4.79 Å². The minimum Gasteiger partial charge on any atom is -0.397 e. The predicted molar refractivity (Wildman–Crippen MR) is 117 cm³/mol. The maximum absolute atomic E-state index is 12.4. The van der Waals surface area contributed by atoms with Gasteiger partial charge in [0.15, 0.2) is 0 Å². The van der Waals surface area contributed by atoms with Crippen LogP contribution in [0, 0.1) is 0 Å². The first-order valence-electron chi connectivity index (χ1n) is 9.19. The Labute approximate surface area is 166 Å². The highest BCUT2D eigenvalue weighted by molar-refractivity contribution is 6.05. The minimum atomic E-state index is -0.184. The fraction of sp³-hybridized carbons (Fsp3) is 0.125. The number of rotatable bonds is 7. The van der Waals surface area contributed by atoms with E-state index in [1.54, 1.807) is 12.1 Å². The van der Waals surface area contributed by atoms with Crippen LogP contribution in [0.4, 0.5) is 11.4 Å². The van der Waals surface area contributed by atoms with Gasteiger partial charge in [0.1, 0.15) is 0 Å². The summed E-state index contributed by atoms with van der Waals surface area (Å²) in [6.45, 7) is 5.81. The molecule has 3 rings (SSSR count). The average Bonchev–Trinajstić information content (AvgIpc) is 2.70. The molecule has 0 fully saturated rings. The van der Waals surface area contributed by atoms with Crippen molar-refractivity contribution in [2.75, 3.05) is 24.6 Å². The molecule has 3 aromatic rings. The molecule has 1 amide bonds. The van der Waals surface area contributed by atoms with Crippen molar-refractivity contribution in [1.82, 2.24) is 4.90 Å². The van der Waals surface area contributed by atoms with Gasteiger partial charge < -0.3 is 11.1 Å². The van der Waals surface area contributed by atoms with Crippen LogP contribution in [0.2, 0.25) is 0 Å². The SMILES string of the molecule is C=C(CN(C)Cc1ccccc1)c1ccc(C(=O)Nc2ccccc2N)cc1. The fourth-order valence-electron chi connectivity index (χ4n) is 3.03. The number of carbonyl (C=O) groups is 1. The van der Waals surface area contributed by atoms with Crippen molar-refractivity contribution in [3.63, 3.8) is 0 Å². The summed E-state index contributed by atoms with van der Waals surface area (Å²) < 4.78 is 0. The van der Waals surface area contributed by atoms with E-state index in [0.29, 0.717) is 16.9 Å². The summed E-state index contributed by atoms with van der Waals surface area (Å²) in [5.41, 5.74) is 10.9. The lowest BCUT2D eigenvalue weighted by Crippen LogP contribution is -2.20. The molecule has 142 valence electrons. The first-order chi connectivity index (χ1) is 13.5. The van der Waals surface area contributed by atoms with Crippen molar-refractivity contribution >= 4 is 22.9 Å². The van der Waals surface area contributed by atoms with E-state index in [9.17, 15) is 4.79 Å². The Balaban J connectivity index is 1.59. The molecule has 0 atom stereocenters. The highest BCUT2D eigenvalue weighted by Crippen LogP contribution is 2.19. The van der Waals surface area contributed by atoms with Crippen LogP contribution in [0.15, 0.2) is 85.4 Å². The van der Waals surface area contributed by atoms with E-state index in [1.807, 2.05) is 54.6 Å². The average molecular weight is 371 g/mol. The number of amides is 1. The lowest BCUT2D eigenvalue weighted by Gasteiger charge is -2.18. The maximum atomic E-state index is 12.4. The molecule has 0 radical (unpaired) electrons. The zero-order valence-corrected chi connectivity index (χ0v) is 16.1. The molecule has 0 bridgehead atoms. The van der Waals surface area contributed by atoms with E-state index >= 15 is 0 Å². The monoisotopic (exact) mass is 371 g/mol. The number of para-hydroxylation sites is 2. The van der Waals surface area contributed by atoms with Crippen LogP contribution in [0.3, 0.4) is 0 Å². The lowest BCUT2D eigenvalue weighted by atomic mass is 10.0. The van der Waals surface area contributed by atoms with Gasteiger partial charge in [0.05, 0.1) is 11.4 Å². The summed E-state index contributed by atoms with van der Waals surface area (Å²) in [5, 5.41) is 2.84. The summed E-state index contributed by atoms with van der Waals surface area (Å²) in [6.07, 6.45) is 0. The molecule has 0 saturated carbocycles. The van der Waals surface area contributed by atoms with Crippen LogP contribution in [-0.2, 0) is 6.54 Å². The number of nitrogens with zero attached hydrogens (tertiary/aromatic N) is 1. The molecule has 0 aliphatic rings. The van der Waals surface area contributed by atoms with E-state index < -0.39 is 0 Å². The number of nitrogen functional groups attached to an aromatic ring is 1. The summed E-state index contributed by atoms with van der Waals surface area (Å²) in [4.78, 5) is 14.6. The molecule has 3 aromatic carbocycles. The normalized spacial score (nSPS) is 10.6. The fourth-order valence-corrected chi connectivity index (χ4v) is 3.03. The van der Waals surface area contributed by atoms with Crippen molar-refractivity contribution in [2.24, 2.45) is 0 Å². The Bertz CT molecular complexity index is 949. The second-order valence-electron chi connectivity index (χ2n) is 6.88. The highest BCUT2D eigenvalue weighted by atomic mass is 16.1. The molecule has 0 aliphatic carbocycles. The van der Waals surface area contributed by atoms with Crippen LogP contribution < -0.4 is 11.1 Å². The highest BCUT2D eigenvalue weighted by Gasteiger charge is 2.09. The number of carbonyl (C=O) groups excluding carboxylic acids is 1. The smallest absolute Gasteiger partial charge is 0.255 e. The van der Waals surface area contributed by atoms with Crippen molar-refractivity contribution in [1.29, 1.82) is 0 Å². The number of nitrogens with one attached hydrogen (secondary N) is 1. The third-order valence-corrected chi connectivity index (χ3v) is 4.52. The molecule has 0 spiro atoms. The third-order valence-electron chi connectivity index (χ3n) is 4.52. The Morgan fingerprint density at radius 2 is 1.54 bits per heavy atom. The van der Waals surface area contributed by atoms with Gasteiger partial charge in [-0.1, -0.05) is 61.2 Å². The maximum Gasteiger partial charge on any atom is 0.255 e. The van der Waals surface area contributed by atoms with Gasteiger partial charge >= 0.3 is 0 Å². The standard InChI is InChI=1S/C24H25N3O/c1-18(16-27(2)17-19-8-4-3-5-9-19)20-12-14-21(15-13-20)24(28)26-23-11-7-6-10-22(23)25/h3-15H,1,16-17,25H2,2H3,(H,26,28). The summed E-state index contributed by atoms with van der Waals surface area (Å²) in [6, 6.07) is 25.0. The van der Waals surface area contributed by atoms with Crippen LogP contribution in [0.1, 0.15) is 21.5 Å². The molecule has 0 aliphatic heterocycles. The van der Waals surface area contributed by atoms with Crippen LogP contribution in [-0.4, -0.2) is 24.4 Å². The van der Waals surface area contributed by atoms with E-state index in [4.69, 9.17) is 5.73 Å². The van der Waals surface area contributed by atoms with Gasteiger partial charge in [-0.3, -0.25) is 9.69 Å². The summed E-state index contributed by atoms with van der Waals surface area (Å²) in [7, 11) is 2.07. The van der Waals surface area contributed by atoms with Gasteiger partial charge in [-0.2, -0.15) is 0 Å². The Kier molecular flexibility index (Phi) is 6.25. The second kappa shape index (κ2) is 9.02. The molecule has 28 heavy (non-hydrogen) atoms. The van der Waals surface area contributed by atoms with Gasteiger partial charge in [-0.05, 0) is 48.0 Å². The number of hydrogen-bond acceptors (Lipinski definition) is 3. The lowest BCUT2D eigenvalue weighted by molar-refractivity contribution is 0.102. The van der Waals surface area contributed by atoms with Crippen LogP contribution in [0.25, 0.3) is 5.57 Å². The predicted octanol–water partition coefficient (Wildman–Crippen LogP) is 4.67. The molecule has 4 nitrogen and oxygen atoms in total. The summed E-state index contributed by atoms with van der Waals surface area (Å²) >= 11 is 0. The van der Waals surface area contributed by atoms with Gasteiger partial charge in [-0.25, -0.2) is 0 Å². The van der Waals surface area contributed by atoms with Gasteiger partial charge in [0.2, 0.25) is 0 Å². The molecule has 0 unspecified atom stereocenters. The number of likely N-dealkylation sites (N-methyl/N-ethyl adjacent to an activating group) is 1. The minimum absolute atomic E-state index is 0.184. The molecular formula is C24H25N3O. The van der Waals surface area contributed by atoms with Crippen molar-refractivity contribution in [3.05, 3.63) is 102 Å². The molecule has 4 heteroatoms. The van der Waals surface area contributed by atoms with Crippen LogP contribution >= 0.6 is 0 Å². The molecule has 3 N–H and O–H groups in total. The quantitative estimate of drug-likeness (QED) is 0.594. The number of benzene rings is 3. The Morgan fingerprint density at radius 1 is 0.929 bits per heavy atom. The van der Waals surface area contributed by atoms with Crippen molar-refractivity contribution in [2.45, 2.75) is 6.54 Å². The topological polar surface area (TPSA) is 58.4 Å².